The van der Waals surface area contributed by atoms with Crippen molar-refractivity contribution >= 4 is 21.6 Å². The molecule has 0 aliphatic heterocycles. The minimum atomic E-state index is -3.36. The zero-order valence-corrected chi connectivity index (χ0v) is 11.2. The minimum Gasteiger partial charge on any atom is -0.481 e. The number of carbonyl (C=O) groups is 1. The maximum atomic E-state index is 11.5. The number of likely N-dealkylation sites (N-methyl/N-ethyl adjacent to an activating group) is 1. The lowest BCUT2D eigenvalue weighted by molar-refractivity contribution is -0.116. The monoisotopic (exact) mass is 273 g/mol. The summed E-state index contributed by atoms with van der Waals surface area (Å²) in [5.41, 5.74) is 0.475. The van der Waals surface area contributed by atoms with Crippen LogP contribution in [-0.4, -0.2) is 50.6 Å². The van der Waals surface area contributed by atoms with Crippen LogP contribution >= 0.6 is 0 Å². The highest BCUT2D eigenvalue weighted by Crippen LogP contribution is 2.10. The van der Waals surface area contributed by atoms with Crippen molar-refractivity contribution in [1.82, 2.24) is 9.29 Å². The Bertz CT molecular complexity index is 512. The molecule has 1 heterocycles. The minimum absolute atomic E-state index is 0.245. The molecule has 0 aliphatic carbocycles. The number of aromatic nitrogens is 1. The molecule has 1 N–H and O–H groups in total. The maximum absolute atomic E-state index is 11.5. The van der Waals surface area contributed by atoms with Crippen LogP contribution in [0.5, 0.6) is 5.88 Å². The number of hydrogen-bond donors (Lipinski definition) is 1. The summed E-state index contributed by atoms with van der Waals surface area (Å²) in [5, 5.41) is 2.53. The van der Waals surface area contributed by atoms with Gasteiger partial charge in [-0.15, -0.1) is 0 Å². The molecule has 0 saturated heterocycles. The first kappa shape index (κ1) is 14.4. The predicted molar refractivity (Wildman–Crippen MR) is 66.9 cm³/mol. The molecule has 0 bridgehead atoms. The molecule has 1 amide bonds. The Morgan fingerprint density at radius 1 is 1.50 bits per heavy atom. The number of carbonyl (C=O) groups excluding carboxylic acids is 1. The predicted octanol–water partition coefficient (Wildman–Crippen LogP) is -0.0799. The highest BCUT2D eigenvalue weighted by Gasteiger charge is 2.15. The van der Waals surface area contributed by atoms with Gasteiger partial charge >= 0.3 is 0 Å². The maximum Gasteiger partial charge on any atom is 0.239 e. The SMILES string of the molecule is COc1ccc(NC(=O)CN(C)S(C)(=O)=O)cn1. The van der Waals surface area contributed by atoms with Crippen LogP contribution in [0.15, 0.2) is 18.3 Å². The Balaban J connectivity index is 2.59. The van der Waals surface area contributed by atoms with Crippen molar-refractivity contribution in [3.63, 3.8) is 0 Å². The van der Waals surface area contributed by atoms with E-state index in [-0.39, 0.29) is 6.54 Å². The number of anilines is 1. The molecular weight excluding hydrogens is 258 g/mol. The van der Waals surface area contributed by atoms with E-state index in [1.54, 1.807) is 12.1 Å². The van der Waals surface area contributed by atoms with E-state index in [2.05, 4.69) is 10.3 Å². The number of nitrogens with zero attached hydrogens (tertiary/aromatic N) is 2. The van der Waals surface area contributed by atoms with Gasteiger partial charge in [-0.2, -0.15) is 4.31 Å². The van der Waals surface area contributed by atoms with Crippen molar-refractivity contribution in [2.24, 2.45) is 0 Å². The van der Waals surface area contributed by atoms with Crippen LogP contribution in [0.1, 0.15) is 0 Å². The van der Waals surface area contributed by atoms with Gasteiger partial charge in [0, 0.05) is 13.1 Å². The highest BCUT2D eigenvalue weighted by atomic mass is 32.2. The molecule has 0 spiro atoms. The number of hydrogen-bond acceptors (Lipinski definition) is 5. The molecule has 0 fully saturated rings. The number of pyridine rings is 1. The van der Waals surface area contributed by atoms with E-state index >= 15 is 0 Å². The van der Waals surface area contributed by atoms with E-state index in [1.165, 1.54) is 20.4 Å². The van der Waals surface area contributed by atoms with E-state index in [0.717, 1.165) is 10.6 Å². The quantitative estimate of drug-likeness (QED) is 0.810. The Morgan fingerprint density at radius 3 is 2.61 bits per heavy atom. The number of rotatable bonds is 5. The van der Waals surface area contributed by atoms with Crippen molar-refractivity contribution in [3.05, 3.63) is 18.3 Å². The van der Waals surface area contributed by atoms with Gasteiger partial charge in [-0.05, 0) is 6.07 Å². The fraction of sp³-hybridized carbons (Fsp3) is 0.400. The van der Waals surface area contributed by atoms with Gasteiger partial charge in [0.1, 0.15) is 0 Å². The van der Waals surface area contributed by atoms with Gasteiger partial charge in [-0.25, -0.2) is 13.4 Å². The zero-order chi connectivity index (χ0) is 13.8. The topological polar surface area (TPSA) is 88.6 Å². The van der Waals surface area contributed by atoms with Crippen LogP contribution in [0.2, 0.25) is 0 Å². The molecule has 7 nitrogen and oxygen atoms in total. The largest absolute Gasteiger partial charge is 0.481 e. The molecule has 0 atom stereocenters. The second kappa shape index (κ2) is 5.78. The van der Waals surface area contributed by atoms with Gasteiger partial charge in [-0.1, -0.05) is 0 Å². The molecule has 1 rings (SSSR count). The molecule has 18 heavy (non-hydrogen) atoms. The lowest BCUT2D eigenvalue weighted by atomic mass is 10.4. The van der Waals surface area contributed by atoms with E-state index in [0.29, 0.717) is 11.6 Å². The molecule has 8 heteroatoms. The van der Waals surface area contributed by atoms with Gasteiger partial charge in [0.15, 0.2) is 0 Å². The number of sulfonamides is 1. The summed E-state index contributed by atoms with van der Waals surface area (Å²) in [4.78, 5) is 15.5. The van der Waals surface area contributed by atoms with E-state index in [4.69, 9.17) is 4.74 Å². The number of methoxy groups -OCH3 is 1. The third-order valence-electron chi connectivity index (χ3n) is 2.16. The summed E-state index contributed by atoms with van der Waals surface area (Å²) in [6.45, 7) is -0.245. The fourth-order valence-corrected chi connectivity index (χ4v) is 1.45. The van der Waals surface area contributed by atoms with Crippen molar-refractivity contribution in [1.29, 1.82) is 0 Å². The van der Waals surface area contributed by atoms with Crippen LogP contribution in [0.3, 0.4) is 0 Å². The molecule has 1 aromatic rings. The smallest absolute Gasteiger partial charge is 0.239 e. The lowest BCUT2D eigenvalue weighted by Crippen LogP contribution is -2.34. The van der Waals surface area contributed by atoms with Crippen LogP contribution in [0, 0.1) is 0 Å². The fourth-order valence-electron chi connectivity index (χ4n) is 1.09. The van der Waals surface area contributed by atoms with Gasteiger partial charge in [0.2, 0.25) is 21.8 Å². The third-order valence-corrected chi connectivity index (χ3v) is 3.42. The van der Waals surface area contributed by atoms with Gasteiger partial charge < -0.3 is 10.1 Å². The Morgan fingerprint density at radius 2 is 2.17 bits per heavy atom. The molecule has 100 valence electrons. The second-order valence-electron chi connectivity index (χ2n) is 3.66. The Hall–Kier alpha value is -1.67. The van der Waals surface area contributed by atoms with Gasteiger partial charge in [0.05, 0.1) is 31.8 Å². The van der Waals surface area contributed by atoms with Crippen LogP contribution in [0.25, 0.3) is 0 Å². The van der Waals surface area contributed by atoms with Crippen LogP contribution in [-0.2, 0) is 14.8 Å². The lowest BCUT2D eigenvalue weighted by Gasteiger charge is -2.13. The first-order chi connectivity index (χ1) is 8.32. The van der Waals surface area contributed by atoms with Gasteiger partial charge in [-0.3, -0.25) is 4.79 Å². The summed E-state index contributed by atoms with van der Waals surface area (Å²) in [6, 6.07) is 3.21. The molecule has 0 aromatic carbocycles. The molecule has 0 radical (unpaired) electrons. The van der Waals surface area contributed by atoms with E-state index in [1.807, 2.05) is 0 Å². The normalized spacial score (nSPS) is 11.3. The zero-order valence-electron chi connectivity index (χ0n) is 10.4. The number of amides is 1. The average molecular weight is 273 g/mol. The van der Waals surface area contributed by atoms with Crippen LogP contribution in [0.4, 0.5) is 5.69 Å². The summed E-state index contributed by atoms with van der Waals surface area (Å²) < 4.78 is 28.1. The summed E-state index contributed by atoms with van der Waals surface area (Å²) in [7, 11) is -0.542. The third kappa shape index (κ3) is 4.30. The number of nitrogens with one attached hydrogen (secondary N) is 1. The van der Waals surface area contributed by atoms with E-state index in [9.17, 15) is 13.2 Å². The standard InChI is InChI=1S/C10H15N3O4S/c1-13(18(3,15)16)7-9(14)12-8-4-5-10(17-2)11-6-8/h4-6H,7H2,1-3H3,(H,12,14). The molecular formula is C10H15N3O4S. The first-order valence-electron chi connectivity index (χ1n) is 5.04. The van der Waals surface area contributed by atoms with E-state index < -0.39 is 15.9 Å². The second-order valence-corrected chi connectivity index (χ2v) is 5.75. The van der Waals surface area contributed by atoms with Crippen molar-refractivity contribution < 1.29 is 17.9 Å². The average Bonchev–Trinajstić information content (AvgIpc) is 2.28. The van der Waals surface area contributed by atoms with Gasteiger partial charge in [0.25, 0.3) is 0 Å². The van der Waals surface area contributed by atoms with Crippen molar-refractivity contribution in [2.75, 3.05) is 32.3 Å². The molecule has 0 saturated carbocycles. The molecule has 0 aliphatic rings. The molecule has 0 unspecified atom stereocenters. The Kier molecular flexibility index (Phi) is 4.62. The molecule has 1 aromatic heterocycles. The Labute approximate surface area is 106 Å². The summed E-state index contributed by atoms with van der Waals surface area (Å²) in [6.07, 6.45) is 2.46. The summed E-state index contributed by atoms with van der Waals surface area (Å²) in [5.74, 6) is -0.00357. The van der Waals surface area contributed by atoms with Crippen LogP contribution < -0.4 is 10.1 Å². The number of ether oxygens (including phenoxy) is 1. The highest BCUT2D eigenvalue weighted by molar-refractivity contribution is 7.88. The van der Waals surface area contributed by atoms with Crippen molar-refractivity contribution in [3.8, 4) is 5.88 Å². The van der Waals surface area contributed by atoms with Crippen molar-refractivity contribution in [2.45, 2.75) is 0 Å². The first-order valence-corrected chi connectivity index (χ1v) is 6.89. The summed E-state index contributed by atoms with van der Waals surface area (Å²) >= 11 is 0.